The molecule has 0 spiro atoms. The van der Waals surface area contributed by atoms with Gasteiger partial charge in [0, 0.05) is 12.4 Å². The fraction of sp³-hybridized carbons (Fsp3) is 0.294. The minimum absolute atomic E-state index is 0.0225. The van der Waals surface area contributed by atoms with Crippen molar-refractivity contribution in [2.45, 2.75) is 25.5 Å². The molecule has 1 aromatic heterocycles. The Morgan fingerprint density at radius 3 is 2.58 bits per heavy atom. The maximum absolute atomic E-state index is 12.7. The molecule has 1 unspecified atom stereocenters. The molecular weight excluding hydrogens is 308 g/mol. The van der Waals surface area contributed by atoms with Crippen molar-refractivity contribution in [1.29, 1.82) is 0 Å². The van der Waals surface area contributed by atoms with Crippen LogP contribution in [0.4, 0.5) is 10.7 Å². The third-order valence-electron chi connectivity index (χ3n) is 3.72. The molecule has 7 nitrogen and oxygen atoms in total. The number of hydrogen-bond acceptors (Lipinski definition) is 6. The van der Waals surface area contributed by atoms with Crippen LogP contribution in [-0.4, -0.2) is 34.6 Å². The largest absolute Gasteiger partial charge is 0.444 e. The Morgan fingerprint density at radius 2 is 1.92 bits per heavy atom. The highest BCUT2D eigenvalue weighted by Gasteiger charge is 2.34. The molecule has 1 saturated heterocycles. The van der Waals surface area contributed by atoms with Gasteiger partial charge in [0.15, 0.2) is 0 Å². The molecule has 2 aromatic rings. The lowest BCUT2D eigenvalue weighted by atomic mass is 10.2. The van der Waals surface area contributed by atoms with Gasteiger partial charge in [-0.15, -0.1) is 0 Å². The second-order valence-corrected chi connectivity index (χ2v) is 5.41. The van der Waals surface area contributed by atoms with Crippen molar-refractivity contribution in [2.24, 2.45) is 0 Å². The van der Waals surface area contributed by atoms with E-state index in [1.807, 2.05) is 30.3 Å². The molecule has 1 fully saturated rings. The topological polar surface area (TPSA) is 84.4 Å². The summed E-state index contributed by atoms with van der Waals surface area (Å²) < 4.78 is 5.28. The summed E-state index contributed by atoms with van der Waals surface area (Å²) in [6, 6.07) is 10.5. The second kappa shape index (κ2) is 7.65. The number of nitrogens with zero attached hydrogens (tertiary/aromatic N) is 3. The lowest BCUT2D eigenvalue weighted by Gasteiger charge is -2.21. The van der Waals surface area contributed by atoms with Gasteiger partial charge in [0.25, 0.3) is 5.91 Å². The number of rotatable bonds is 4. The zero-order valence-corrected chi connectivity index (χ0v) is 13.1. The highest BCUT2D eigenvalue weighted by Crippen LogP contribution is 2.15. The summed E-state index contributed by atoms with van der Waals surface area (Å²) in [7, 11) is 0. The van der Waals surface area contributed by atoms with E-state index in [4.69, 9.17) is 4.74 Å². The van der Waals surface area contributed by atoms with E-state index >= 15 is 0 Å². The number of amides is 2. The van der Waals surface area contributed by atoms with Crippen LogP contribution in [0.2, 0.25) is 0 Å². The number of hydrogen-bond donors (Lipinski definition) is 1. The van der Waals surface area contributed by atoms with E-state index < -0.39 is 18.0 Å². The van der Waals surface area contributed by atoms with Crippen LogP contribution >= 0.6 is 0 Å². The zero-order chi connectivity index (χ0) is 16.8. The maximum atomic E-state index is 12.7. The van der Waals surface area contributed by atoms with E-state index in [1.165, 1.54) is 12.4 Å². The van der Waals surface area contributed by atoms with Gasteiger partial charge in [-0.25, -0.2) is 14.8 Å². The molecule has 2 amide bonds. The van der Waals surface area contributed by atoms with Crippen LogP contribution < -0.4 is 10.2 Å². The Balaban J connectivity index is 1.76. The molecule has 1 atom stereocenters. The number of ether oxygens (including phenoxy) is 1. The van der Waals surface area contributed by atoms with Gasteiger partial charge in [0.2, 0.25) is 5.95 Å². The Kier molecular flexibility index (Phi) is 5.12. The standard InChI is InChI=1S/C17H18N4O3/c22-15(14-8-4-9-18-14)21(16-19-10-5-11-20-16)17(23)24-12-13-6-2-1-3-7-13/h1-3,5-7,10-11,14,18H,4,8-9,12H2. The maximum Gasteiger partial charge on any atom is 0.424 e. The Bertz CT molecular complexity index is 687. The van der Waals surface area contributed by atoms with E-state index in [2.05, 4.69) is 15.3 Å². The first-order valence-corrected chi connectivity index (χ1v) is 7.81. The summed E-state index contributed by atoms with van der Waals surface area (Å²) in [6.45, 7) is 0.827. The van der Waals surface area contributed by atoms with Crippen molar-refractivity contribution in [3.8, 4) is 0 Å². The van der Waals surface area contributed by atoms with Gasteiger partial charge in [-0.3, -0.25) is 4.79 Å². The van der Waals surface area contributed by atoms with Gasteiger partial charge in [-0.05, 0) is 31.0 Å². The average molecular weight is 326 g/mol. The Morgan fingerprint density at radius 1 is 1.17 bits per heavy atom. The van der Waals surface area contributed by atoms with Gasteiger partial charge in [-0.2, -0.15) is 4.90 Å². The van der Waals surface area contributed by atoms with E-state index in [1.54, 1.807) is 6.07 Å². The predicted octanol–water partition coefficient (Wildman–Crippen LogP) is 1.90. The number of imide groups is 1. The molecule has 1 aliphatic heterocycles. The van der Waals surface area contributed by atoms with Crippen LogP contribution in [0.3, 0.4) is 0 Å². The van der Waals surface area contributed by atoms with Crippen molar-refractivity contribution >= 4 is 17.9 Å². The zero-order valence-electron chi connectivity index (χ0n) is 13.1. The SMILES string of the molecule is O=C(OCc1ccccc1)N(C(=O)C1CCCN1)c1ncccn1. The third-order valence-corrected chi connectivity index (χ3v) is 3.72. The first-order chi connectivity index (χ1) is 11.8. The average Bonchev–Trinajstić information content (AvgIpc) is 3.17. The molecular formula is C17H18N4O3. The van der Waals surface area contributed by atoms with Gasteiger partial charge < -0.3 is 10.1 Å². The molecule has 0 saturated carbocycles. The quantitative estimate of drug-likeness (QED) is 0.924. The predicted molar refractivity (Wildman–Crippen MR) is 87.2 cm³/mol. The van der Waals surface area contributed by atoms with Crippen molar-refractivity contribution in [3.63, 3.8) is 0 Å². The highest BCUT2D eigenvalue weighted by atomic mass is 16.6. The Labute approximate surface area is 139 Å². The van der Waals surface area contributed by atoms with Crippen LogP contribution in [0.25, 0.3) is 0 Å². The molecule has 0 radical (unpaired) electrons. The second-order valence-electron chi connectivity index (χ2n) is 5.41. The van der Waals surface area contributed by atoms with Crippen LogP contribution in [0.15, 0.2) is 48.8 Å². The van der Waals surface area contributed by atoms with E-state index in [0.717, 1.165) is 23.4 Å². The van der Waals surface area contributed by atoms with Gasteiger partial charge in [0.05, 0.1) is 6.04 Å². The summed E-state index contributed by atoms with van der Waals surface area (Å²) in [5.41, 5.74) is 0.839. The van der Waals surface area contributed by atoms with Crippen molar-refractivity contribution in [1.82, 2.24) is 15.3 Å². The summed E-state index contributed by atoms with van der Waals surface area (Å²) in [5.74, 6) is -0.369. The molecule has 1 aromatic carbocycles. The Hall–Kier alpha value is -2.80. The van der Waals surface area contributed by atoms with Crippen LogP contribution in [0, 0.1) is 0 Å². The molecule has 0 bridgehead atoms. The number of aromatic nitrogens is 2. The number of carbonyl (C=O) groups excluding carboxylic acids is 2. The highest BCUT2D eigenvalue weighted by molar-refractivity contribution is 6.13. The fourth-order valence-corrected chi connectivity index (χ4v) is 2.51. The molecule has 1 aliphatic rings. The molecule has 24 heavy (non-hydrogen) atoms. The minimum Gasteiger partial charge on any atom is -0.444 e. The minimum atomic E-state index is -0.774. The smallest absolute Gasteiger partial charge is 0.424 e. The molecule has 124 valence electrons. The third kappa shape index (κ3) is 3.75. The summed E-state index contributed by atoms with van der Waals surface area (Å²) >= 11 is 0. The van der Waals surface area contributed by atoms with Gasteiger partial charge in [-0.1, -0.05) is 30.3 Å². The molecule has 0 aliphatic carbocycles. The molecule has 1 N–H and O–H groups in total. The molecule has 2 heterocycles. The monoisotopic (exact) mass is 326 g/mol. The van der Waals surface area contributed by atoms with Crippen LogP contribution in [0.1, 0.15) is 18.4 Å². The first-order valence-electron chi connectivity index (χ1n) is 7.81. The van der Waals surface area contributed by atoms with E-state index in [-0.39, 0.29) is 12.6 Å². The number of carbonyl (C=O) groups is 2. The van der Waals surface area contributed by atoms with E-state index in [0.29, 0.717) is 6.42 Å². The first kappa shape index (κ1) is 16.1. The number of benzene rings is 1. The summed E-state index contributed by atoms with van der Waals surface area (Å²) in [6.07, 6.45) is 3.75. The lowest BCUT2D eigenvalue weighted by molar-refractivity contribution is -0.119. The van der Waals surface area contributed by atoms with Crippen molar-refractivity contribution in [2.75, 3.05) is 11.4 Å². The number of anilines is 1. The van der Waals surface area contributed by atoms with Crippen molar-refractivity contribution in [3.05, 3.63) is 54.4 Å². The lowest BCUT2D eigenvalue weighted by Crippen LogP contribution is -2.47. The summed E-state index contributed by atoms with van der Waals surface area (Å²) in [4.78, 5) is 34.1. The van der Waals surface area contributed by atoms with Crippen LogP contribution in [0.5, 0.6) is 0 Å². The fourth-order valence-electron chi connectivity index (χ4n) is 2.51. The summed E-state index contributed by atoms with van der Waals surface area (Å²) in [5, 5.41) is 3.08. The molecule has 3 rings (SSSR count). The van der Waals surface area contributed by atoms with Gasteiger partial charge >= 0.3 is 6.09 Å². The van der Waals surface area contributed by atoms with E-state index in [9.17, 15) is 9.59 Å². The molecule has 7 heteroatoms. The van der Waals surface area contributed by atoms with Crippen molar-refractivity contribution < 1.29 is 14.3 Å². The number of nitrogens with one attached hydrogen (secondary N) is 1. The van der Waals surface area contributed by atoms with Gasteiger partial charge in [0.1, 0.15) is 6.61 Å². The normalized spacial score (nSPS) is 16.6. The van der Waals surface area contributed by atoms with Crippen LogP contribution in [-0.2, 0) is 16.1 Å².